The van der Waals surface area contributed by atoms with Crippen LogP contribution in [0, 0.1) is 6.92 Å². The van der Waals surface area contributed by atoms with Gasteiger partial charge in [-0.05, 0) is 42.8 Å². The third-order valence-corrected chi connectivity index (χ3v) is 5.15. The Labute approximate surface area is 168 Å². The van der Waals surface area contributed by atoms with Crippen molar-refractivity contribution >= 4 is 11.8 Å². The molecule has 4 aromatic rings. The summed E-state index contributed by atoms with van der Waals surface area (Å²) in [6.45, 7) is 2.65. The van der Waals surface area contributed by atoms with Gasteiger partial charge in [-0.1, -0.05) is 48.2 Å². The van der Waals surface area contributed by atoms with Crippen molar-refractivity contribution < 1.29 is 4.74 Å². The molecule has 5 nitrogen and oxygen atoms in total. The summed E-state index contributed by atoms with van der Waals surface area (Å²) in [6.07, 6.45) is 3.53. The molecule has 0 N–H and O–H groups in total. The Bertz CT molecular complexity index is 1030. The first-order valence-corrected chi connectivity index (χ1v) is 10.0. The second-order valence-electron chi connectivity index (χ2n) is 6.18. The van der Waals surface area contributed by atoms with Crippen LogP contribution in [0.2, 0.25) is 0 Å². The SMILES string of the molecule is Cc1ccccc1OCCSc1nnc(-c2ccncc2)n1-c1ccccc1. The molecule has 2 aromatic heterocycles. The minimum atomic E-state index is 0.599. The van der Waals surface area contributed by atoms with Crippen LogP contribution in [0.5, 0.6) is 5.75 Å². The highest BCUT2D eigenvalue weighted by atomic mass is 32.2. The molecular formula is C22H20N4OS. The molecule has 140 valence electrons. The summed E-state index contributed by atoms with van der Waals surface area (Å²) in [5.41, 5.74) is 3.15. The van der Waals surface area contributed by atoms with Crippen molar-refractivity contribution in [3.63, 3.8) is 0 Å². The van der Waals surface area contributed by atoms with Gasteiger partial charge in [0.2, 0.25) is 0 Å². The lowest BCUT2D eigenvalue weighted by molar-refractivity contribution is 0.341. The molecule has 0 atom stereocenters. The third kappa shape index (κ3) is 4.07. The van der Waals surface area contributed by atoms with Crippen LogP contribution in [0.15, 0.2) is 84.3 Å². The van der Waals surface area contributed by atoms with Crippen LogP contribution in [0.1, 0.15) is 5.56 Å². The number of aromatic nitrogens is 4. The molecule has 0 spiro atoms. The number of rotatable bonds is 7. The molecule has 2 heterocycles. The molecule has 0 saturated heterocycles. The van der Waals surface area contributed by atoms with Gasteiger partial charge in [0.15, 0.2) is 11.0 Å². The van der Waals surface area contributed by atoms with Crippen molar-refractivity contribution in [3.8, 4) is 22.8 Å². The second-order valence-corrected chi connectivity index (χ2v) is 7.24. The quantitative estimate of drug-likeness (QED) is 0.336. The number of hydrogen-bond donors (Lipinski definition) is 0. The van der Waals surface area contributed by atoms with E-state index in [2.05, 4.69) is 44.9 Å². The van der Waals surface area contributed by atoms with Gasteiger partial charge in [-0.3, -0.25) is 9.55 Å². The van der Waals surface area contributed by atoms with Crippen LogP contribution in [-0.2, 0) is 0 Å². The highest BCUT2D eigenvalue weighted by Gasteiger charge is 2.16. The van der Waals surface area contributed by atoms with Crippen molar-refractivity contribution in [2.45, 2.75) is 12.1 Å². The highest BCUT2D eigenvalue weighted by molar-refractivity contribution is 7.99. The number of benzene rings is 2. The van der Waals surface area contributed by atoms with E-state index in [-0.39, 0.29) is 0 Å². The lowest BCUT2D eigenvalue weighted by atomic mass is 10.2. The largest absolute Gasteiger partial charge is 0.492 e. The van der Waals surface area contributed by atoms with Crippen LogP contribution in [0.4, 0.5) is 0 Å². The maximum Gasteiger partial charge on any atom is 0.196 e. The van der Waals surface area contributed by atoms with Gasteiger partial charge >= 0.3 is 0 Å². The molecular weight excluding hydrogens is 368 g/mol. The predicted octanol–water partition coefficient (Wildman–Crippen LogP) is 4.81. The maximum absolute atomic E-state index is 5.91. The predicted molar refractivity (Wildman–Crippen MR) is 112 cm³/mol. The fourth-order valence-corrected chi connectivity index (χ4v) is 3.63. The first-order chi connectivity index (χ1) is 13.8. The zero-order valence-electron chi connectivity index (χ0n) is 15.5. The average Bonchev–Trinajstić information content (AvgIpc) is 3.17. The minimum Gasteiger partial charge on any atom is -0.492 e. The fourth-order valence-electron chi connectivity index (χ4n) is 2.86. The molecule has 28 heavy (non-hydrogen) atoms. The van der Waals surface area contributed by atoms with E-state index in [1.807, 2.05) is 48.5 Å². The van der Waals surface area contributed by atoms with E-state index < -0.39 is 0 Å². The molecule has 0 aliphatic carbocycles. The third-order valence-electron chi connectivity index (χ3n) is 4.25. The van der Waals surface area contributed by atoms with Gasteiger partial charge < -0.3 is 4.74 Å². The van der Waals surface area contributed by atoms with Gasteiger partial charge in [-0.2, -0.15) is 0 Å². The van der Waals surface area contributed by atoms with Gasteiger partial charge in [0.05, 0.1) is 6.61 Å². The highest BCUT2D eigenvalue weighted by Crippen LogP contribution is 2.27. The fraction of sp³-hybridized carbons (Fsp3) is 0.136. The van der Waals surface area contributed by atoms with Crippen molar-refractivity contribution in [1.29, 1.82) is 0 Å². The molecule has 0 unspecified atom stereocenters. The zero-order valence-corrected chi connectivity index (χ0v) is 16.3. The van der Waals surface area contributed by atoms with E-state index in [1.165, 1.54) is 0 Å². The Hall–Kier alpha value is -3.12. The molecule has 0 fully saturated rings. The number of thioether (sulfide) groups is 1. The van der Waals surface area contributed by atoms with Gasteiger partial charge in [-0.15, -0.1) is 10.2 Å². The van der Waals surface area contributed by atoms with Crippen molar-refractivity contribution in [1.82, 2.24) is 19.7 Å². The summed E-state index contributed by atoms with van der Waals surface area (Å²) in [5.74, 6) is 2.50. The number of aryl methyl sites for hydroxylation is 1. The Morgan fingerprint density at radius 3 is 2.43 bits per heavy atom. The summed E-state index contributed by atoms with van der Waals surface area (Å²) >= 11 is 1.63. The van der Waals surface area contributed by atoms with Crippen LogP contribution >= 0.6 is 11.8 Å². The number of nitrogens with zero attached hydrogens (tertiary/aromatic N) is 4. The number of para-hydroxylation sites is 2. The normalized spacial score (nSPS) is 10.8. The molecule has 0 saturated carbocycles. The van der Waals surface area contributed by atoms with Crippen molar-refractivity contribution in [2.24, 2.45) is 0 Å². The molecule has 0 aliphatic heterocycles. The molecule has 0 amide bonds. The monoisotopic (exact) mass is 388 g/mol. The number of ether oxygens (including phenoxy) is 1. The molecule has 0 aliphatic rings. The van der Waals surface area contributed by atoms with Crippen LogP contribution in [-0.4, -0.2) is 32.1 Å². The molecule has 6 heteroatoms. The summed E-state index contributed by atoms with van der Waals surface area (Å²) in [6, 6.07) is 22.1. The van der Waals surface area contributed by atoms with E-state index in [9.17, 15) is 0 Å². The van der Waals surface area contributed by atoms with Crippen molar-refractivity contribution in [2.75, 3.05) is 12.4 Å². The molecule has 0 bridgehead atoms. The van der Waals surface area contributed by atoms with E-state index in [0.717, 1.165) is 39.3 Å². The summed E-state index contributed by atoms with van der Waals surface area (Å²) in [4.78, 5) is 4.10. The lowest BCUT2D eigenvalue weighted by Crippen LogP contribution is -2.04. The van der Waals surface area contributed by atoms with Gasteiger partial charge in [0, 0.05) is 29.4 Å². The Morgan fingerprint density at radius 1 is 0.893 bits per heavy atom. The van der Waals surface area contributed by atoms with E-state index in [0.29, 0.717) is 6.61 Å². The van der Waals surface area contributed by atoms with Crippen LogP contribution in [0.25, 0.3) is 17.1 Å². The first kappa shape index (κ1) is 18.3. The standard InChI is InChI=1S/C22H20N4OS/c1-17-7-5-6-10-20(17)27-15-16-28-22-25-24-21(18-11-13-23-14-12-18)26(22)19-8-3-2-4-9-19/h2-14H,15-16H2,1H3. The molecule has 4 rings (SSSR count). The summed E-state index contributed by atoms with van der Waals surface area (Å²) < 4.78 is 7.99. The smallest absolute Gasteiger partial charge is 0.196 e. The Kier molecular flexibility index (Phi) is 5.68. The molecule has 2 aromatic carbocycles. The van der Waals surface area contributed by atoms with Gasteiger partial charge in [0.25, 0.3) is 0 Å². The van der Waals surface area contributed by atoms with Gasteiger partial charge in [0.1, 0.15) is 5.75 Å². The zero-order chi connectivity index (χ0) is 19.2. The average molecular weight is 388 g/mol. The van der Waals surface area contributed by atoms with Crippen LogP contribution < -0.4 is 4.74 Å². The second kappa shape index (κ2) is 8.71. The number of pyridine rings is 1. The summed E-state index contributed by atoms with van der Waals surface area (Å²) in [7, 11) is 0. The topological polar surface area (TPSA) is 52.8 Å². The minimum absolute atomic E-state index is 0.599. The van der Waals surface area contributed by atoms with E-state index in [4.69, 9.17) is 4.74 Å². The summed E-state index contributed by atoms with van der Waals surface area (Å²) in [5, 5.41) is 9.71. The van der Waals surface area contributed by atoms with E-state index >= 15 is 0 Å². The molecule has 0 radical (unpaired) electrons. The Morgan fingerprint density at radius 2 is 1.64 bits per heavy atom. The number of hydrogen-bond acceptors (Lipinski definition) is 5. The van der Waals surface area contributed by atoms with Gasteiger partial charge in [-0.25, -0.2) is 0 Å². The van der Waals surface area contributed by atoms with E-state index in [1.54, 1.807) is 24.2 Å². The lowest BCUT2D eigenvalue weighted by Gasteiger charge is -2.11. The Balaban J connectivity index is 1.54. The van der Waals surface area contributed by atoms with Crippen LogP contribution in [0.3, 0.4) is 0 Å². The first-order valence-electron chi connectivity index (χ1n) is 9.05. The van der Waals surface area contributed by atoms with Crippen molar-refractivity contribution in [3.05, 3.63) is 84.7 Å². The maximum atomic E-state index is 5.91.